The molecule has 0 saturated carbocycles. The molecule has 1 aromatic heterocycles. The van der Waals surface area contributed by atoms with E-state index in [-0.39, 0.29) is 5.91 Å². The van der Waals surface area contributed by atoms with Gasteiger partial charge in [0.1, 0.15) is 5.82 Å². The lowest BCUT2D eigenvalue weighted by molar-refractivity contribution is 0.102. The Morgan fingerprint density at radius 1 is 1.04 bits per heavy atom. The van der Waals surface area contributed by atoms with Crippen molar-refractivity contribution in [1.82, 2.24) is 4.98 Å². The van der Waals surface area contributed by atoms with Gasteiger partial charge < -0.3 is 10.6 Å². The lowest BCUT2D eigenvalue weighted by atomic mass is 10.1. The number of aromatic nitrogens is 1. The molecule has 3 rings (SSSR count). The van der Waals surface area contributed by atoms with E-state index in [2.05, 4.69) is 28.6 Å². The molecule has 0 bridgehead atoms. The van der Waals surface area contributed by atoms with Gasteiger partial charge in [0.2, 0.25) is 0 Å². The van der Waals surface area contributed by atoms with Crippen LogP contribution in [0.2, 0.25) is 0 Å². The van der Waals surface area contributed by atoms with E-state index in [4.69, 9.17) is 0 Å². The molecule has 0 radical (unpaired) electrons. The predicted molar refractivity (Wildman–Crippen MR) is 97.7 cm³/mol. The van der Waals surface area contributed by atoms with Gasteiger partial charge in [-0.25, -0.2) is 4.39 Å². The number of benzene rings is 2. The summed E-state index contributed by atoms with van der Waals surface area (Å²) in [4.78, 5) is 16.5. The molecule has 0 atom stereocenters. The Labute approximate surface area is 145 Å². The van der Waals surface area contributed by atoms with Gasteiger partial charge in [0.05, 0.1) is 17.4 Å². The summed E-state index contributed by atoms with van der Waals surface area (Å²) in [7, 11) is 0. The number of aryl methyl sites for hydroxylation is 1. The van der Waals surface area contributed by atoms with Gasteiger partial charge in [-0.05, 0) is 42.3 Å². The number of rotatable bonds is 5. The minimum Gasteiger partial charge on any atom is -0.354 e. The van der Waals surface area contributed by atoms with Crippen LogP contribution in [0.3, 0.4) is 0 Å². The molecule has 0 unspecified atom stereocenters. The van der Waals surface area contributed by atoms with Crippen LogP contribution in [0.25, 0.3) is 0 Å². The first kappa shape index (κ1) is 16.6. The Bertz CT molecular complexity index is 895. The summed E-state index contributed by atoms with van der Waals surface area (Å²) in [5.41, 5.74) is 3.67. The molecule has 0 spiro atoms. The molecule has 1 heterocycles. The van der Waals surface area contributed by atoms with Crippen LogP contribution in [0.5, 0.6) is 0 Å². The largest absolute Gasteiger partial charge is 0.354 e. The first-order valence-corrected chi connectivity index (χ1v) is 8.02. The maximum atomic E-state index is 13.2. The zero-order valence-electron chi connectivity index (χ0n) is 13.8. The maximum Gasteiger partial charge on any atom is 0.257 e. The van der Waals surface area contributed by atoms with Crippen LogP contribution in [0.15, 0.2) is 67.0 Å². The van der Waals surface area contributed by atoms with E-state index in [0.29, 0.717) is 16.9 Å². The van der Waals surface area contributed by atoms with Crippen molar-refractivity contribution in [2.45, 2.75) is 13.3 Å². The van der Waals surface area contributed by atoms with Gasteiger partial charge >= 0.3 is 0 Å². The fourth-order valence-corrected chi connectivity index (χ4v) is 2.51. The summed E-state index contributed by atoms with van der Waals surface area (Å²) < 4.78 is 13.2. The van der Waals surface area contributed by atoms with Crippen molar-refractivity contribution >= 4 is 23.0 Å². The summed E-state index contributed by atoms with van der Waals surface area (Å²) in [6.07, 6.45) is 4.04. The number of hydrogen-bond donors (Lipinski definition) is 2. The molecule has 5 heteroatoms. The number of carbonyl (C=O) groups is 1. The second kappa shape index (κ2) is 7.57. The van der Waals surface area contributed by atoms with Crippen LogP contribution in [-0.2, 0) is 6.42 Å². The third-order valence-electron chi connectivity index (χ3n) is 3.76. The zero-order chi connectivity index (χ0) is 17.6. The highest BCUT2D eigenvalue weighted by Gasteiger charge is 2.09. The highest BCUT2D eigenvalue weighted by molar-refractivity contribution is 6.04. The van der Waals surface area contributed by atoms with Crippen LogP contribution < -0.4 is 10.6 Å². The molecule has 0 aliphatic heterocycles. The summed E-state index contributed by atoms with van der Waals surface area (Å²) in [5.74, 6) is -0.743. The molecule has 0 saturated heterocycles. The first-order valence-electron chi connectivity index (χ1n) is 8.02. The van der Waals surface area contributed by atoms with Gasteiger partial charge in [0.15, 0.2) is 0 Å². The summed E-state index contributed by atoms with van der Waals surface area (Å²) in [6.45, 7) is 2.08. The number of para-hydroxylation sites is 1. The second-order valence-electron chi connectivity index (χ2n) is 5.56. The van der Waals surface area contributed by atoms with Crippen molar-refractivity contribution in [1.29, 1.82) is 0 Å². The molecular weight excluding hydrogens is 317 g/mol. The lowest BCUT2D eigenvalue weighted by Crippen LogP contribution is -2.12. The number of halogens is 1. The summed E-state index contributed by atoms with van der Waals surface area (Å²) in [5, 5.41) is 5.96. The van der Waals surface area contributed by atoms with Crippen LogP contribution in [-0.4, -0.2) is 10.9 Å². The SMILES string of the molecule is CCc1ccccc1Nc1cncc(C(=O)Nc2cccc(F)c2)c1. The number of anilines is 3. The fourth-order valence-electron chi connectivity index (χ4n) is 2.51. The van der Waals surface area contributed by atoms with Gasteiger partial charge in [-0.2, -0.15) is 0 Å². The van der Waals surface area contributed by atoms with Crippen LogP contribution in [0, 0.1) is 5.82 Å². The fraction of sp³-hybridized carbons (Fsp3) is 0.100. The number of hydrogen-bond acceptors (Lipinski definition) is 3. The molecular formula is C20H18FN3O. The van der Waals surface area contributed by atoms with Gasteiger partial charge in [0, 0.05) is 17.6 Å². The minimum atomic E-state index is -0.400. The van der Waals surface area contributed by atoms with E-state index in [9.17, 15) is 9.18 Å². The number of pyridine rings is 1. The van der Waals surface area contributed by atoms with E-state index in [1.54, 1.807) is 24.4 Å². The van der Waals surface area contributed by atoms with Gasteiger partial charge in [-0.15, -0.1) is 0 Å². The first-order chi connectivity index (χ1) is 12.2. The van der Waals surface area contributed by atoms with Crippen LogP contribution >= 0.6 is 0 Å². The molecule has 126 valence electrons. The minimum absolute atomic E-state index is 0.342. The number of nitrogens with zero attached hydrogens (tertiary/aromatic N) is 1. The molecule has 0 fully saturated rings. The molecule has 25 heavy (non-hydrogen) atoms. The molecule has 3 aromatic rings. The Hall–Kier alpha value is -3.21. The van der Waals surface area contributed by atoms with Crippen molar-refractivity contribution in [3.8, 4) is 0 Å². The summed E-state index contributed by atoms with van der Waals surface area (Å²) in [6, 6.07) is 15.5. The van der Waals surface area contributed by atoms with Crippen molar-refractivity contribution < 1.29 is 9.18 Å². The molecule has 0 aliphatic rings. The summed E-state index contributed by atoms with van der Waals surface area (Å²) >= 11 is 0. The maximum absolute atomic E-state index is 13.2. The Kier molecular flexibility index (Phi) is 5.04. The second-order valence-corrected chi connectivity index (χ2v) is 5.56. The van der Waals surface area contributed by atoms with E-state index >= 15 is 0 Å². The average Bonchev–Trinajstić information content (AvgIpc) is 2.62. The smallest absolute Gasteiger partial charge is 0.257 e. The van der Waals surface area contributed by atoms with E-state index in [1.165, 1.54) is 23.9 Å². The van der Waals surface area contributed by atoms with E-state index in [1.807, 2.05) is 18.2 Å². The quantitative estimate of drug-likeness (QED) is 0.705. The van der Waals surface area contributed by atoms with Crippen LogP contribution in [0.4, 0.5) is 21.5 Å². The van der Waals surface area contributed by atoms with Crippen molar-refractivity contribution in [2.24, 2.45) is 0 Å². The van der Waals surface area contributed by atoms with Crippen molar-refractivity contribution in [3.63, 3.8) is 0 Å². The number of nitrogens with one attached hydrogen (secondary N) is 2. The molecule has 0 aliphatic carbocycles. The monoisotopic (exact) mass is 335 g/mol. The standard InChI is InChI=1S/C20H18FN3O/c1-2-14-6-3-4-9-19(14)23-18-10-15(12-22-13-18)20(25)24-17-8-5-7-16(21)11-17/h3-13,23H,2H2,1H3,(H,24,25). The van der Waals surface area contributed by atoms with Crippen LogP contribution in [0.1, 0.15) is 22.8 Å². The zero-order valence-corrected chi connectivity index (χ0v) is 13.8. The van der Waals surface area contributed by atoms with Gasteiger partial charge in [-0.3, -0.25) is 9.78 Å². The third kappa shape index (κ3) is 4.20. The third-order valence-corrected chi connectivity index (χ3v) is 3.76. The topological polar surface area (TPSA) is 54.0 Å². The highest BCUT2D eigenvalue weighted by atomic mass is 19.1. The van der Waals surface area contributed by atoms with Crippen molar-refractivity contribution in [3.05, 3.63) is 83.9 Å². The van der Waals surface area contributed by atoms with E-state index < -0.39 is 5.82 Å². The lowest BCUT2D eigenvalue weighted by Gasteiger charge is -2.11. The normalized spacial score (nSPS) is 10.3. The Balaban J connectivity index is 1.78. The molecule has 1 amide bonds. The van der Waals surface area contributed by atoms with Gasteiger partial charge in [-0.1, -0.05) is 31.2 Å². The molecule has 2 N–H and O–H groups in total. The van der Waals surface area contributed by atoms with Gasteiger partial charge in [0.25, 0.3) is 5.91 Å². The Morgan fingerprint density at radius 2 is 1.88 bits per heavy atom. The Morgan fingerprint density at radius 3 is 2.68 bits per heavy atom. The highest BCUT2D eigenvalue weighted by Crippen LogP contribution is 2.21. The van der Waals surface area contributed by atoms with Crippen molar-refractivity contribution in [2.75, 3.05) is 10.6 Å². The van der Waals surface area contributed by atoms with E-state index in [0.717, 1.165) is 12.1 Å². The molecule has 4 nitrogen and oxygen atoms in total. The number of amides is 1. The molecule has 2 aromatic carbocycles. The average molecular weight is 335 g/mol. The number of carbonyl (C=O) groups excluding carboxylic acids is 1. The predicted octanol–water partition coefficient (Wildman–Crippen LogP) is 4.78.